The molecule has 0 bridgehead atoms. The van der Waals surface area contributed by atoms with E-state index < -0.39 is 0 Å². The van der Waals surface area contributed by atoms with E-state index >= 15 is 0 Å². The summed E-state index contributed by atoms with van der Waals surface area (Å²) < 4.78 is 7.18. The fraction of sp³-hybridized carbons (Fsp3) is 0.133. The van der Waals surface area contributed by atoms with E-state index in [9.17, 15) is 0 Å². The quantitative estimate of drug-likeness (QED) is 0.773. The normalized spacial score (nSPS) is 10.5. The van der Waals surface area contributed by atoms with Crippen LogP contribution in [-0.4, -0.2) is 26.3 Å². The fourth-order valence-corrected chi connectivity index (χ4v) is 1.88. The van der Waals surface area contributed by atoms with E-state index in [0.29, 0.717) is 12.4 Å². The zero-order chi connectivity index (χ0) is 14.5. The lowest BCUT2D eigenvalue weighted by Gasteiger charge is -2.02. The molecule has 2 heterocycles. The van der Waals surface area contributed by atoms with Crippen molar-refractivity contribution in [3.63, 3.8) is 0 Å². The SMILES string of the molecule is NCCc1ccc(Oc2ncn(-c3ccccc3)n2)nc1. The summed E-state index contributed by atoms with van der Waals surface area (Å²) in [5.74, 6) is 0.460. The van der Waals surface area contributed by atoms with Crippen molar-refractivity contribution in [1.29, 1.82) is 0 Å². The first-order valence-electron chi connectivity index (χ1n) is 6.65. The Morgan fingerprint density at radius 1 is 1.05 bits per heavy atom. The molecular weight excluding hydrogens is 266 g/mol. The number of aromatic nitrogens is 4. The molecule has 21 heavy (non-hydrogen) atoms. The molecule has 0 atom stereocenters. The summed E-state index contributed by atoms with van der Waals surface area (Å²) in [5.41, 5.74) is 7.50. The molecule has 0 saturated carbocycles. The molecule has 6 heteroatoms. The first kappa shape index (κ1) is 13.3. The van der Waals surface area contributed by atoms with Crippen LogP contribution in [0.25, 0.3) is 5.69 Å². The maximum absolute atomic E-state index is 5.53. The van der Waals surface area contributed by atoms with E-state index in [1.54, 1.807) is 23.3 Å². The predicted molar refractivity (Wildman–Crippen MR) is 78.4 cm³/mol. The van der Waals surface area contributed by atoms with E-state index in [4.69, 9.17) is 10.5 Å². The van der Waals surface area contributed by atoms with Crippen molar-refractivity contribution in [2.75, 3.05) is 6.54 Å². The number of pyridine rings is 1. The molecule has 6 nitrogen and oxygen atoms in total. The Balaban J connectivity index is 1.72. The van der Waals surface area contributed by atoms with Gasteiger partial charge in [0.2, 0.25) is 5.88 Å². The van der Waals surface area contributed by atoms with E-state index in [1.807, 2.05) is 36.4 Å². The number of benzene rings is 1. The standard InChI is InChI=1S/C15H15N5O/c16-9-8-12-6-7-14(17-10-12)21-15-18-11-20(19-15)13-4-2-1-3-5-13/h1-7,10-11H,8-9,16H2. The molecule has 0 aliphatic carbocycles. The summed E-state index contributed by atoms with van der Waals surface area (Å²) in [6.07, 6.45) is 4.15. The molecule has 3 rings (SSSR count). The molecule has 2 aromatic heterocycles. The van der Waals surface area contributed by atoms with Gasteiger partial charge in [-0.2, -0.15) is 4.98 Å². The molecular formula is C15H15N5O. The smallest absolute Gasteiger partial charge is 0.342 e. The maximum atomic E-state index is 5.53. The van der Waals surface area contributed by atoms with Crippen LogP contribution in [0.15, 0.2) is 55.0 Å². The lowest BCUT2D eigenvalue weighted by Crippen LogP contribution is -2.03. The second kappa shape index (κ2) is 6.15. The van der Waals surface area contributed by atoms with Crippen molar-refractivity contribution in [1.82, 2.24) is 19.7 Å². The molecule has 1 aromatic carbocycles. The number of ether oxygens (including phenoxy) is 1. The molecule has 0 fully saturated rings. The van der Waals surface area contributed by atoms with Crippen molar-refractivity contribution in [2.45, 2.75) is 6.42 Å². The molecule has 2 N–H and O–H groups in total. The number of nitrogens with zero attached hydrogens (tertiary/aromatic N) is 4. The minimum Gasteiger partial charge on any atom is -0.404 e. The molecule has 0 aliphatic heterocycles. The summed E-state index contributed by atoms with van der Waals surface area (Å²) in [6, 6.07) is 13.7. The largest absolute Gasteiger partial charge is 0.404 e. The molecule has 0 radical (unpaired) electrons. The van der Waals surface area contributed by atoms with Crippen LogP contribution in [0.1, 0.15) is 5.56 Å². The summed E-state index contributed by atoms with van der Waals surface area (Å²) in [6.45, 7) is 0.602. The van der Waals surface area contributed by atoms with Gasteiger partial charge in [-0.3, -0.25) is 0 Å². The van der Waals surface area contributed by atoms with Gasteiger partial charge in [0.25, 0.3) is 0 Å². The number of para-hydroxylation sites is 1. The highest BCUT2D eigenvalue weighted by Crippen LogP contribution is 2.16. The highest BCUT2D eigenvalue weighted by Gasteiger charge is 2.05. The molecule has 3 aromatic rings. The fourth-order valence-electron chi connectivity index (χ4n) is 1.88. The summed E-state index contributed by atoms with van der Waals surface area (Å²) in [5, 5.41) is 4.26. The average Bonchev–Trinajstić information content (AvgIpc) is 2.99. The highest BCUT2D eigenvalue weighted by atomic mass is 16.5. The van der Waals surface area contributed by atoms with Gasteiger partial charge in [0.05, 0.1) is 5.69 Å². The average molecular weight is 281 g/mol. The van der Waals surface area contributed by atoms with Crippen LogP contribution in [-0.2, 0) is 6.42 Å². The Hall–Kier alpha value is -2.73. The third-order valence-corrected chi connectivity index (χ3v) is 2.92. The summed E-state index contributed by atoms with van der Waals surface area (Å²) in [4.78, 5) is 8.32. The van der Waals surface area contributed by atoms with E-state index in [0.717, 1.165) is 17.7 Å². The number of hydrogen-bond donors (Lipinski definition) is 1. The molecule has 0 unspecified atom stereocenters. The second-order valence-electron chi connectivity index (χ2n) is 4.45. The lowest BCUT2D eigenvalue weighted by atomic mass is 10.2. The number of nitrogens with two attached hydrogens (primary N) is 1. The Bertz CT molecular complexity index is 694. The van der Waals surface area contributed by atoms with Gasteiger partial charge in [-0.25, -0.2) is 9.67 Å². The van der Waals surface area contributed by atoms with Crippen molar-refractivity contribution in [3.05, 3.63) is 60.6 Å². The molecule has 0 spiro atoms. The van der Waals surface area contributed by atoms with Gasteiger partial charge < -0.3 is 10.5 Å². The maximum Gasteiger partial charge on any atom is 0.342 e. The van der Waals surface area contributed by atoms with Crippen LogP contribution in [0.5, 0.6) is 11.9 Å². The Morgan fingerprint density at radius 2 is 1.90 bits per heavy atom. The third kappa shape index (κ3) is 3.24. The van der Waals surface area contributed by atoms with Crippen LogP contribution in [0.2, 0.25) is 0 Å². The first-order valence-corrected chi connectivity index (χ1v) is 6.65. The van der Waals surface area contributed by atoms with Gasteiger partial charge in [0.1, 0.15) is 6.33 Å². The number of rotatable bonds is 5. The summed E-state index contributed by atoms with van der Waals surface area (Å²) >= 11 is 0. The van der Waals surface area contributed by atoms with Crippen molar-refractivity contribution < 1.29 is 4.74 Å². The Morgan fingerprint density at radius 3 is 2.62 bits per heavy atom. The van der Waals surface area contributed by atoms with Crippen LogP contribution in [0.3, 0.4) is 0 Å². The van der Waals surface area contributed by atoms with Gasteiger partial charge in [-0.1, -0.05) is 24.3 Å². The predicted octanol–water partition coefficient (Wildman–Crippen LogP) is 1.96. The molecule has 0 amide bonds. The lowest BCUT2D eigenvalue weighted by molar-refractivity contribution is 0.424. The van der Waals surface area contributed by atoms with Crippen molar-refractivity contribution in [3.8, 4) is 17.6 Å². The summed E-state index contributed by atoms with van der Waals surface area (Å²) in [7, 11) is 0. The first-order chi connectivity index (χ1) is 10.3. The Kier molecular flexibility index (Phi) is 3.88. The molecule has 106 valence electrons. The van der Waals surface area contributed by atoms with Crippen LogP contribution in [0, 0.1) is 0 Å². The van der Waals surface area contributed by atoms with Gasteiger partial charge in [-0.05, 0) is 30.7 Å². The van der Waals surface area contributed by atoms with Crippen molar-refractivity contribution in [2.24, 2.45) is 5.73 Å². The van der Waals surface area contributed by atoms with Gasteiger partial charge >= 0.3 is 6.01 Å². The van der Waals surface area contributed by atoms with Crippen LogP contribution in [0.4, 0.5) is 0 Å². The second-order valence-corrected chi connectivity index (χ2v) is 4.45. The zero-order valence-corrected chi connectivity index (χ0v) is 11.4. The van der Waals surface area contributed by atoms with E-state index in [1.165, 1.54) is 0 Å². The van der Waals surface area contributed by atoms with Crippen molar-refractivity contribution >= 4 is 0 Å². The van der Waals surface area contributed by atoms with Gasteiger partial charge in [-0.15, -0.1) is 5.10 Å². The van der Waals surface area contributed by atoms with E-state index in [2.05, 4.69) is 15.1 Å². The highest BCUT2D eigenvalue weighted by molar-refractivity contribution is 5.30. The number of hydrogen-bond acceptors (Lipinski definition) is 5. The molecule has 0 aliphatic rings. The van der Waals surface area contributed by atoms with E-state index in [-0.39, 0.29) is 6.01 Å². The van der Waals surface area contributed by atoms with Crippen LogP contribution < -0.4 is 10.5 Å². The van der Waals surface area contributed by atoms with Gasteiger partial charge in [0, 0.05) is 12.3 Å². The zero-order valence-electron chi connectivity index (χ0n) is 11.4. The minimum atomic E-state index is 0.262. The monoisotopic (exact) mass is 281 g/mol. The van der Waals surface area contributed by atoms with Gasteiger partial charge in [0.15, 0.2) is 0 Å². The topological polar surface area (TPSA) is 78.9 Å². The Labute approximate surface area is 122 Å². The third-order valence-electron chi connectivity index (χ3n) is 2.92. The van der Waals surface area contributed by atoms with Crippen LogP contribution >= 0.6 is 0 Å². The minimum absolute atomic E-state index is 0.262. The molecule has 0 saturated heterocycles.